The minimum Gasteiger partial charge on any atom is -0.464 e. The molecular weight excluding hydrogens is 416 g/mol. The number of hydrogen-bond donors (Lipinski definition) is 1. The largest absolute Gasteiger partial charge is 0.464 e. The lowest BCUT2D eigenvalue weighted by Gasteiger charge is -2.08. The van der Waals surface area contributed by atoms with E-state index in [4.69, 9.17) is 14.6 Å². The lowest BCUT2D eigenvalue weighted by atomic mass is 10.0. The Morgan fingerprint density at radius 1 is 1.13 bits per heavy atom. The number of Topliss-reactive ketones (excluding diaryl/α,β-unsaturated/α-hetero) is 1. The Kier molecular flexibility index (Phi) is 5.27. The molecule has 31 heavy (non-hydrogen) atoms. The van der Waals surface area contributed by atoms with E-state index in [1.807, 2.05) is 12.1 Å². The number of ketones is 1. The van der Waals surface area contributed by atoms with Gasteiger partial charge in [-0.25, -0.2) is 9.78 Å². The van der Waals surface area contributed by atoms with Gasteiger partial charge in [0.15, 0.2) is 16.4 Å². The van der Waals surface area contributed by atoms with Crippen LogP contribution in [0.1, 0.15) is 21.5 Å². The zero-order valence-electron chi connectivity index (χ0n) is 15.8. The number of pyridine rings is 1. The highest BCUT2D eigenvalue weighted by Gasteiger charge is 2.26. The summed E-state index contributed by atoms with van der Waals surface area (Å²) < 4.78 is 10.6. The molecule has 150 valence electrons. The molecule has 9 heteroatoms. The van der Waals surface area contributed by atoms with Crippen LogP contribution in [0.4, 0.5) is 5.82 Å². The summed E-state index contributed by atoms with van der Waals surface area (Å²) >= 11 is 0.994. The SMILES string of the molecule is N#Cc1c(N)[nH+]c(SCC(=O)c2cc3ccccc3oc2=O)c(C#N)c1-c1ccco1. The van der Waals surface area contributed by atoms with Crippen LogP contribution < -0.4 is 16.3 Å². The second-order valence-corrected chi connectivity index (χ2v) is 7.38. The number of carbonyl (C=O) groups is 1. The number of aromatic nitrogens is 1. The standard InChI is InChI=1S/C22H12N4O4S/c23-9-14-19(18-6-3-7-29-18)15(10-24)21(26-20(14)25)31-11-16(27)13-8-12-4-1-2-5-17(12)30-22(13)28/h1-8H,11H2,(H2,25,26)/p+1. The summed E-state index contributed by atoms with van der Waals surface area (Å²) in [5.41, 5.74) is 5.97. The fourth-order valence-corrected chi connectivity index (χ4v) is 4.00. The first kappa shape index (κ1) is 20.0. The van der Waals surface area contributed by atoms with Gasteiger partial charge in [0, 0.05) is 5.39 Å². The number of rotatable bonds is 5. The van der Waals surface area contributed by atoms with Crippen LogP contribution >= 0.6 is 11.8 Å². The second kappa shape index (κ2) is 8.19. The van der Waals surface area contributed by atoms with Gasteiger partial charge in [0.25, 0.3) is 5.82 Å². The van der Waals surface area contributed by atoms with E-state index in [0.29, 0.717) is 16.7 Å². The quantitative estimate of drug-likeness (QED) is 0.289. The predicted molar refractivity (Wildman–Crippen MR) is 112 cm³/mol. The number of aromatic amines is 1. The van der Waals surface area contributed by atoms with Crippen LogP contribution in [0.2, 0.25) is 0 Å². The summed E-state index contributed by atoms with van der Waals surface area (Å²) in [6.45, 7) is 0. The van der Waals surface area contributed by atoms with Gasteiger partial charge in [-0.15, -0.1) is 0 Å². The number of carbonyl (C=O) groups excluding carboxylic acids is 1. The van der Waals surface area contributed by atoms with E-state index in [1.54, 1.807) is 36.4 Å². The molecule has 4 rings (SSSR count). The highest BCUT2D eigenvalue weighted by atomic mass is 32.2. The van der Waals surface area contributed by atoms with E-state index < -0.39 is 11.4 Å². The van der Waals surface area contributed by atoms with Gasteiger partial charge in [0.05, 0.1) is 17.6 Å². The monoisotopic (exact) mass is 429 g/mol. The molecule has 3 N–H and O–H groups in total. The summed E-state index contributed by atoms with van der Waals surface area (Å²) in [6.07, 6.45) is 1.42. The molecule has 1 aromatic carbocycles. The number of fused-ring (bicyclic) bond motifs is 1. The molecule has 0 aliphatic rings. The molecule has 0 bridgehead atoms. The van der Waals surface area contributed by atoms with Crippen molar-refractivity contribution in [1.82, 2.24) is 0 Å². The van der Waals surface area contributed by atoms with Crippen LogP contribution in [0.5, 0.6) is 0 Å². The average molecular weight is 429 g/mol. The molecule has 0 amide bonds. The summed E-state index contributed by atoms with van der Waals surface area (Å²) in [5.74, 6) is -0.286. The number of nitriles is 2. The lowest BCUT2D eigenvalue weighted by molar-refractivity contribution is -0.410. The highest BCUT2D eigenvalue weighted by Crippen LogP contribution is 2.34. The maximum Gasteiger partial charge on any atom is 0.347 e. The molecular formula is C22H13N4O4S+. The topological polar surface area (TPSA) is 148 Å². The van der Waals surface area contributed by atoms with E-state index in [-0.39, 0.29) is 38.9 Å². The molecule has 0 aliphatic heterocycles. The van der Waals surface area contributed by atoms with Gasteiger partial charge in [-0.2, -0.15) is 10.5 Å². The van der Waals surface area contributed by atoms with E-state index >= 15 is 0 Å². The van der Waals surface area contributed by atoms with Crippen LogP contribution in [0, 0.1) is 22.7 Å². The third kappa shape index (κ3) is 3.66. The molecule has 3 heterocycles. The number of anilines is 1. The smallest absolute Gasteiger partial charge is 0.347 e. The third-order valence-electron chi connectivity index (χ3n) is 4.53. The van der Waals surface area contributed by atoms with E-state index in [2.05, 4.69) is 4.98 Å². The van der Waals surface area contributed by atoms with Gasteiger partial charge < -0.3 is 8.83 Å². The number of nitrogens with one attached hydrogen (secondary N) is 1. The molecule has 0 saturated heterocycles. The number of thioether (sulfide) groups is 1. The Labute approximate surface area is 179 Å². The molecule has 0 fully saturated rings. The second-order valence-electron chi connectivity index (χ2n) is 6.39. The fraction of sp³-hybridized carbons (Fsp3) is 0.0455. The molecule has 3 aromatic heterocycles. The van der Waals surface area contributed by atoms with Crippen molar-refractivity contribution < 1.29 is 18.6 Å². The lowest BCUT2D eigenvalue weighted by Crippen LogP contribution is -2.20. The number of hydrogen-bond acceptors (Lipinski definition) is 8. The average Bonchev–Trinajstić information content (AvgIpc) is 3.31. The van der Waals surface area contributed by atoms with Crippen molar-refractivity contribution in [3.63, 3.8) is 0 Å². The van der Waals surface area contributed by atoms with Gasteiger partial charge in [-0.05, 0) is 24.3 Å². The van der Waals surface area contributed by atoms with Crippen LogP contribution in [-0.4, -0.2) is 11.5 Å². The third-order valence-corrected chi connectivity index (χ3v) is 5.53. The number of nitrogens with two attached hydrogens (primary N) is 1. The summed E-state index contributed by atoms with van der Waals surface area (Å²) in [5, 5.41) is 20.1. The minimum absolute atomic E-state index is 0.0352. The van der Waals surface area contributed by atoms with Gasteiger partial charge in [-0.3, -0.25) is 10.5 Å². The molecule has 0 unspecified atom stereocenters. The number of nitrogens with zero attached hydrogens (tertiary/aromatic N) is 2. The van der Waals surface area contributed by atoms with Crippen molar-refractivity contribution in [2.45, 2.75) is 5.03 Å². The van der Waals surface area contributed by atoms with Crippen LogP contribution in [0.3, 0.4) is 0 Å². The molecule has 0 radical (unpaired) electrons. The normalized spacial score (nSPS) is 10.5. The van der Waals surface area contributed by atoms with Crippen molar-refractivity contribution in [2.75, 3.05) is 11.5 Å². The first-order valence-corrected chi connectivity index (χ1v) is 9.93. The highest BCUT2D eigenvalue weighted by molar-refractivity contribution is 7.99. The molecule has 4 aromatic rings. The fourth-order valence-electron chi connectivity index (χ4n) is 3.09. The molecule has 0 saturated carbocycles. The van der Waals surface area contributed by atoms with Crippen molar-refractivity contribution in [2.24, 2.45) is 0 Å². The van der Waals surface area contributed by atoms with E-state index in [0.717, 1.165) is 11.8 Å². The van der Waals surface area contributed by atoms with Gasteiger partial charge in [0.1, 0.15) is 34.6 Å². The first-order chi connectivity index (χ1) is 15.0. The summed E-state index contributed by atoms with van der Waals surface area (Å²) in [6, 6.07) is 15.6. The maximum atomic E-state index is 12.7. The number of H-pyrrole nitrogens is 1. The van der Waals surface area contributed by atoms with Gasteiger partial charge in [0.2, 0.25) is 0 Å². The number of nitrogen functional groups attached to an aromatic ring is 1. The molecule has 0 spiro atoms. The van der Waals surface area contributed by atoms with Crippen molar-refractivity contribution in [1.29, 1.82) is 10.5 Å². The van der Waals surface area contributed by atoms with Crippen LogP contribution in [0.15, 0.2) is 67.4 Å². The predicted octanol–water partition coefficient (Wildman–Crippen LogP) is 3.17. The summed E-state index contributed by atoms with van der Waals surface area (Å²) in [4.78, 5) is 27.8. The first-order valence-electron chi connectivity index (χ1n) is 8.95. The molecule has 0 aliphatic carbocycles. The van der Waals surface area contributed by atoms with E-state index in [1.165, 1.54) is 12.3 Å². The molecule has 8 nitrogen and oxygen atoms in total. The van der Waals surface area contributed by atoms with Crippen LogP contribution in [0.25, 0.3) is 22.3 Å². The summed E-state index contributed by atoms with van der Waals surface area (Å²) in [7, 11) is 0. The Bertz CT molecular complexity index is 1460. The zero-order chi connectivity index (χ0) is 22.0. The van der Waals surface area contributed by atoms with Gasteiger partial charge in [-0.1, -0.05) is 30.0 Å². The van der Waals surface area contributed by atoms with E-state index in [9.17, 15) is 20.1 Å². The number of furan rings is 1. The zero-order valence-corrected chi connectivity index (χ0v) is 16.7. The van der Waals surface area contributed by atoms with Crippen molar-refractivity contribution >= 4 is 34.3 Å². The van der Waals surface area contributed by atoms with Crippen molar-refractivity contribution in [3.05, 3.63) is 75.8 Å². The number of para-hydroxylation sites is 1. The molecule has 0 atom stereocenters. The Morgan fingerprint density at radius 3 is 2.61 bits per heavy atom. The van der Waals surface area contributed by atoms with Crippen LogP contribution in [-0.2, 0) is 0 Å². The Balaban J connectivity index is 1.70. The Morgan fingerprint density at radius 2 is 1.90 bits per heavy atom. The maximum absolute atomic E-state index is 12.7. The Hall–Kier alpha value is -4.34. The van der Waals surface area contributed by atoms with Gasteiger partial charge >= 0.3 is 5.63 Å². The number of benzene rings is 1. The van der Waals surface area contributed by atoms with Crippen molar-refractivity contribution in [3.8, 4) is 23.5 Å². The minimum atomic E-state index is -0.732.